The number of hydrogen-bond donors (Lipinski definition) is 3. The van der Waals surface area contributed by atoms with Gasteiger partial charge in [-0.05, 0) is 62.6 Å². The summed E-state index contributed by atoms with van der Waals surface area (Å²) in [6.45, 7) is 5.06. The molecule has 0 aliphatic rings. The van der Waals surface area contributed by atoms with E-state index in [1.165, 1.54) is 0 Å². The molecule has 0 unspecified atom stereocenters. The molecule has 4 N–H and O–H groups in total. The maximum atomic E-state index is 12.2. The van der Waals surface area contributed by atoms with Gasteiger partial charge in [0.2, 0.25) is 10.0 Å². The average Bonchev–Trinajstić information content (AvgIpc) is 2.78. The van der Waals surface area contributed by atoms with Gasteiger partial charge in [-0.25, -0.2) is 18.0 Å². The molecule has 0 spiro atoms. The molecule has 2 aromatic rings. The summed E-state index contributed by atoms with van der Waals surface area (Å²) >= 11 is 6.58. The Kier molecular flexibility index (Phi) is 16.2. The summed E-state index contributed by atoms with van der Waals surface area (Å²) in [4.78, 5) is 35.4. The van der Waals surface area contributed by atoms with Crippen LogP contribution in [0, 0.1) is 0 Å². The molecular formula is C25H34Br2ClN3O9S2. The van der Waals surface area contributed by atoms with Crippen molar-refractivity contribution >= 4 is 82.4 Å². The van der Waals surface area contributed by atoms with Crippen molar-refractivity contribution in [2.24, 2.45) is 5.73 Å². The van der Waals surface area contributed by atoms with E-state index in [0.717, 1.165) is 32.6 Å². The second-order valence-electron chi connectivity index (χ2n) is 9.81. The van der Waals surface area contributed by atoms with E-state index in [9.17, 15) is 31.2 Å². The lowest BCUT2D eigenvalue weighted by Gasteiger charge is -2.23. The van der Waals surface area contributed by atoms with Crippen LogP contribution >= 0.6 is 44.3 Å². The van der Waals surface area contributed by atoms with E-state index in [2.05, 4.69) is 41.4 Å². The van der Waals surface area contributed by atoms with Gasteiger partial charge < -0.3 is 20.0 Å². The zero-order chi connectivity index (χ0) is 31.6. The van der Waals surface area contributed by atoms with E-state index < -0.39 is 55.8 Å². The van der Waals surface area contributed by atoms with Crippen molar-refractivity contribution in [1.29, 1.82) is 0 Å². The predicted molar refractivity (Wildman–Crippen MR) is 168 cm³/mol. The molecule has 0 radical (unpaired) electrons. The summed E-state index contributed by atoms with van der Waals surface area (Å²) in [5.41, 5.74) is 6.39. The molecule has 0 aliphatic carbocycles. The van der Waals surface area contributed by atoms with Gasteiger partial charge in [0.1, 0.15) is 17.7 Å². The molecular weight excluding hydrogens is 746 g/mol. The molecule has 0 saturated heterocycles. The summed E-state index contributed by atoms with van der Waals surface area (Å²) in [6.07, 6.45) is 1.22. The number of nitrogens with one attached hydrogen (secondary N) is 2. The van der Waals surface area contributed by atoms with Gasteiger partial charge in [-0.1, -0.05) is 56.1 Å². The smallest absolute Gasteiger partial charge is 0.408 e. The number of sulfonamides is 1. The summed E-state index contributed by atoms with van der Waals surface area (Å²) in [5.74, 6) is -1.78. The fourth-order valence-electron chi connectivity index (χ4n) is 2.94. The molecule has 42 heavy (non-hydrogen) atoms. The van der Waals surface area contributed by atoms with E-state index in [4.69, 9.17) is 10.5 Å². The Morgan fingerprint density at radius 3 is 1.67 bits per heavy atom. The number of hydrogen-bond acceptors (Lipinski definition) is 10. The Morgan fingerprint density at radius 1 is 0.857 bits per heavy atom. The number of rotatable bonds is 9. The Hall–Kier alpha value is -2.24. The molecule has 2 atom stereocenters. The maximum absolute atomic E-state index is 12.2. The van der Waals surface area contributed by atoms with E-state index in [1.807, 2.05) is 16.9 Å². The van der Waals surface area contributed by atoms with Gasteiger partial charge in [0.15, 0.2) is 0 Å². The van der Waals surface area contributed by atoms with Crippen LogP contribution in [0.2, 0.25) is 0 Å². The first-order valence-corrected chi connectivity index (χ1v) is 17.1. The second kappa shape index (κ2) is 17.2. The number of halogens is 3. The largest absolute Gasteiger partial charge is 0.444 e. The van der Waals surface area contributed by atoms with Crippen LogP contribution in [-0.4, -0.2) is 65.0 Å². The van der Waals surface area contributed by atoms with Crippen LogP contribution in [-0.2, 0) is 51.5 Å². The number of alkyl carbamates (subject to hydrolysis) is 1. The monoisotopic (exact) mass is 777 g/mol. The highest BCUT2D eigenvalue weighted by atomic mass is 79.9. The van der Waals surface area contributed by atoms with Crippen molar-refractivity contribution in [2.75, 3.05) is 12.5 Å². The summed E-state index contributed by atoms with van der Waals surface area (Å²) in [7, 11) is -7.54. The van der Waals surface area contributed by atoms with E-state index in [-0.39, 0.29) is 25.2 Å². The Labute approximate surface area is 269 Å². The van der Waals surface area contributed by atoms with Gasteiger partial charge in [-0.15, -0.1) is 12.4 Å². The second-order valence-corrected chi connectivity index (χ2v) is 15.0. The van der Waals surface area contributed by atoms with Gasteiger partial charge >= 0.3 is 22.2 Å². The van der Waals surface area contributed by atoms with Crippen LogP contribution < -0.4 is 15.8 Å². The molecule has 0 aliphatic heterocycles. The van der Waals surface area contributed by atoms with Gasteiger partial charge in [0.05, 0.1) is 12.5 Å². The van der Waals surface area contributed by atoms with E-state index >= 15 is 0 Å². The molecule has 0 saturated carbocycles. The molecule has 2 aromatic carbocycles. The highest BCUT2D eigenvalue weighted by molar-refractivity contribution is 9.10. The zero-order valence-corrected chi connectivity index (χ0v) is 29.0. The van der Waals surface area contributed by atoms with Crippen molar-refractivity contribution in [1.82, 2.24) is 10.0 Å². The zero-order valence-electron chi connectivity index (χ0n) is 23.4. The lowest BCUT2D eigenvalue weighted by Crippen LogP contribution is -2.50. The number of nitrogens with two attached hydrogens (primary N) is 1. The van der Waals surface area contributed by atoms with Gasteiger partial charge in [-0.2, -0.15) is 8.42 Å². The van der Waals surface area contributed by atoms with Crippen molar-refractivity contribution in [3.63, 3.8) is 0 Å². The van der Waals surface area contributed by atoms with Crippen LogP contribution in [0.4, 0.5) is 4.79 Å². The standard InChI is InChI=1S/C15H21BrN2O5S.C10H12BrNO4S.ClH/c1-15(2,3)23-14(20)17-12(13(19)18-24(4,21)22)9-10-5-7-11(16)8-6-10;1-17(14,15)16-10(13)9(12)6-7-2-4-8(11)5-3-7;/h5-8,12H,9H2,1-4H3,(H,17,20)(H,18,19);2-5,9H,6,12H2,1H3;1H/t12-;9-;/m00./s1. The highest BCUT2D eigenvalue weighted by Gasteiger charge is 2.26. The van der Waals surface area contributed by atoms with Crippen LogP contribution in [0.5, 0.6) is 0 Å². The predicted octanol–water partition coefficient (Wildman–Crippen LogP) is 3.20. The van der Waals surface area contributed by atoms with Gasteiger partial charge in [0.25, 0.3) is 5.91 Å². The summed E-state index contributed by atoms with van der Waals surface area (Å²) in [5, 5.41) is 2.41. The minimum absolute atomic E-state index is 0. The minimum atomic E-state index is -3.80. The first-order chi connectivity index (χ1) is 18.6. The topological polar surface area (TPSA) is 188 Å². The third kappa shape index (κ3) is 18.3. The molecule has 17 heteroatoms. The van der Waals surface area contributed by atoms with Crippen molar-refractivity contribution in [3.8, 4) is 0 Å². The highest BCUT2D eigenvalue weighted by Crippen LogP contribution is 2.14. The van der Waals surface area contributed by atoms with Gasteiger partial charge in [-0.3, -0.25) is 9.52 Å². The first-order valence-electron chi connectivity index (χ1n) is 11.8. The molecule has 12 nitrogen and oxygen atoms in total. The Morgan fingerprint density at radius 2 is 1.29 bits per heavy atom. The maximum Gasteiger partial charge on any atom is 0.408 e. The number of carbonyl (C=O) groups excluding carboxylic acids is 3. The quantitative estimate of drug-likeness (QED) is 0.319. The lowest BCUT2D eigenvalue weighted by atomic mass is 10.1. The fraction of sp³-hybridized carbons (Fsp3) is 0.400. The third-order valence-corrected chi connectivity index (χ3v) is 6.65. The fourth-order valence-corrected chi connectivity index (χ4v) is 4.40. The first kappa shape index (κ1) is 39.8. The van der Waals surface area contributed by atoms with Crippen LogP contribution in [0.1, 0.15) is 31.9 Å². The van der Waals surface area contributed by atoms with Crippen LogP contribution in [0.3, 0.4) is 0 Å². The molecule has 0 aromatic heterocycles. The third-order valence-electron chi connectivity index (χ3n) is 4.55. The number of ether oxygens (including phenoxy) is 1. The van der Waals surface area contributed by atoms with Crippen LogP contribution in [0.15, 0.2) is 57.5 Å². The molecule has 0 bridgehead atoms. The summed E-state index contributed by atoms with van der Waals surface area (Å²) < 4.78 is 57.0. The number of carbonyl (C=O) groups is 3. The minimum Gasteiger partial charge on any atom is -0.444 e. The van der Waals surface area contributed by atoms with Crippen molar-refractivity contribution in [3.05, 3.63) is 68.6 Å². The van der Waals surface area contributed by atoms with E-state index in [1.54, 1.807) is 57.2 Å². The van der Waals surface area contributed by atoms with Crippen molar-refractivity contribution in [2.45, 2.75) is 51.3 Å². The molecule has 0 heterocycles. The van der Waals surface area contributed by atoms with Gasteiger partial charge in [0, 0.05) is 15.4 Å². The number of benzene rings is 2. The molecule has 0 fully saturated rings. The average molecular weight is 780 g/mol. The van der Waals surface area contributed by atoms with E-state index in [0.29, 0.717) is 0 Å². The molecule has 236 valence electrons. The lowest BCUT2D eigenvalue weighted by molar-refractivity contribution is -0.135. The van der Waals surface area contributed by atoms with Crippen molar-refractivity contribution < 1.29 is 40.1 Å². The Bertz CT molecular complexity index is 1420. The SMILES string of the molecule is CC(C)(C)OC(=O)N[C@@H](Cc1ccc(Br)cc1)C(=O)NS(C)(=O)=O.CS(=O)(=O)OC(=O)[C@@H](N)Cc1ccc(Br)cc1.Cl. The Balaban J connectivity index is 0.000000825. The summed E-state index contributed by atoms with van der Waals surface area (Å²) in [6, 6.07) is 12.2. The normalized spacial score (nSPS) is 12.8. The molecule has 2 rings (SSSR count). The molecule has 2 amide bonds. The van der Waals surface area contributed by atoms with Crippen LogP contribution in [0.25, 0.3) is 0 Å². The number of amides is 2.